The van der Waals surface area contributed by atoms with E-state index < -0.39 is 11.9 Å². The fourth-order valence-corrected chi connectivity index (χ4v) is 6.18. The van der Waals surface area contributed by atoms with Gasteiger partial charge in [0.25, 0.3) is 0 Å². The van der Waals surface area contributed by atoms with Gasteiger partial charge in [-0.05, 0) is 55.9 Å². The van der Waals surface area contributed by atoms with Crippen molar-refractivity contribution in [3.05, 3.63) is 50.9 Å². The Morgan fingerprint density at radius 2 is 2.29 bits per heavy atom. The van der Waals surface area contributed by atoms with Crippen LogP contribution in [0.1, 0.15) is 48.2 Å². The molecular weight excluding hydrogens is 497 g/mol. The van der Waals surface area contributed by atoms with Crippen molar-refractivity contribution in [1.82, 2.24) is 14.8 Å². The van der Waals surface area contributed by atoms with Gasteiger partial charge >= 0.3 is 0 Å². The fourth-order valence-electron chi connectivity index (χ4n) is 3.87. The number of aromatic nitrogens is 3. The second-order valence-corrected chi connectivity index (χ2v) is 10.7. The molecule has 2 unspecified atom stereocenters. The number of ether oxygens (including phenoxy) is 1. The number of hydrogen-bond donors (Lipinski definition) is 1. The molecule has 0 saturated carbocycles. The highest BCUT2D eigenvalue weighted by Gasteiger charge is 2.25. The quantitative estimate of drug-likeness (QED) is 0.412. The maximum atomic E-state index is 13.3. The van der Waals surface area contributed by atoms with Gasteiger partial charge in [0.2, 0.25) is 5.91 Å². The standard InChI is InChI=1S/C23H23ClFN5O2S2/c1-12-4-6-15-16(10-26)22(34-19(15)8-12)27-20(31)11-33-23-29-28-21(30(23)3)13(2)32-18-7-5-14(25)9-17(18)24/h5,7,9,12-13H,4,6,8,11H2,1-3H3,(H,27,31). The molecule has 0 bridgehead atoms. The first-order valence-electron chi connectivity index (χ1n) is 10.7. The molecule has 7 nitrogen and oxygen atoms in total. The molecule has 34 heavy (non-hydrogen) atoms. The van der Waals surface area contributed by atoms with Crippen LogP contribution in [0.4, 0.5) is 9.39 Å². The Morgan fingerprint density at radius 3 is 3.03 bits per heavy atom. The Morgan fingerprint density at radius 1 is 1.50 bits per heavy atom. The number of nitriles is 1. The maximum Gasteiger partial charge on any atom is 0.235 e. The predicted molar refractivity (Wildman–Crippen MR) is 131 cm³/mol. The average Bonchev–Trinajstić information content (AvgIpc) is 3.32. The third-order valence-electron chi connectivity index (χ3n) is 5.64. The second-order valence-electron chi connectivity index (χ2n) is 8.24. The van der Waals surface area contributed by atoms with Gasteiger partial charge in [-0.2, -0.15) is 5.26 Å². The third-order valence-corrected chi connectivity index (χ3v) is 8.12. The van der Waals surface area contributed by atoms with E-state index in [0.29, 0.717) is 33.2 Å². The number of anilines is 1. The van der Waals surface area contributed by atoms with E-state index in [0.717, 1.165) is 24.8 Å². The molecule has 178 valence electrons. The molecule has 1 amide bonds. The van der Waals surface area contributed by atoms with Crippen molar-refractivity contribution in [3.8, 4) is 11.8 Å². The fraction of sp³-hybridized carbons (Fsp3) is 0.391. The van der Waals surface area contributed by atoms with Crippen molar-refractivity contribution in [3.63, 3.8) is 0 Å². The molecule has 11 heteroatoms. The summed E-state index contributed by atoms with van der Waals surface area (Å²) in [6.45, 7) is 3.99. The van der Waals surface area contributed by atoms with Gasteiger partial charge in [0, 0.05) is 11.9 Å². The van der Waals surface area contributed by atoms with E-state index in [1.165, 1.54) is 46.2 Å². The van der Waals surface area contributed by atoms with Gasteiger partial charge in [-0.1, -0.05) is 30.3 Å². The average molecular weight is 520 g/mol. The van der Waals surface area contributed by atoms with Crippen molar-refractivity contribution in [2.75, 3.05) is 11.1 Å². The third kappa shape index (κ3) is 5.22. The van der Waals surface area contributed by atoms with Crippen molar-refractivity contribution in [1.29, 1.82) is 5.26 Å². The lowest BCUT2D eigenvalue weighted by molar-refractivity contribution is -0.113. The summed E-state index contributed by atoms with van der Waals surface area (Å²) >= 11 is 8.79. The molecule has 2 atom stereocenters. The van der Waals surface area contributed by atoms with Crippen molar-refractivity contribution in [2.24, 2.45) is 13.0 Å². The van der Waals surface area contributed by atoms with Gasteiger partial charge in [-0.25, -0.2) is 4.39 Å². The molecule has 2 heterocycles. The highest BCUT2D eigenvalue weighted by molar-refractivity contribution is 7.99. The Hall–Kier alpha value is -2.61. The molecule has 1 aliphatic carbocycles. The van der Waals surface area contributed by atoms with Crippen molar-refractivity contribution < 1.29 is 13.9 Å². The van der Waals surface area contributed by atoms with Gasteiger partial charge in [-0.15, -0.1) is 21.5 Å². The van der Waals surface area contributed by atoms with E-state index in [-0.39, 0.29) is 16.7 Å². The van der Waals surface area contributed by atoms with E-state index in [1.807, 2.05) is 0 Å². The zero-order valence-electron chi connectivity index (χ0n) is 18.9. The Balaban J connectivity index is 1.38. The number of carbonyl (C=O) groups excluding carboxylic acids is 1. The number of hydrogen-bond acceptors (Lipinski definition) is 7. The Kier molecular flexibility index (Phi) is 7.45. The smallest absolute Gasteiger partial charge is 0.235 e. The Bertz CT molecular complexity index is 1270. The molecule has 0 saturated heterocycles. The maximum absolute atomic E-state index is 13.3. The largest absolute Gasteiger partial charge is 0.481 e. The second kappa shape index (κ2) is 10.3. The zero-order chi connectivity index (χ0) is 24.4. The van der Waals surface area contributed by atoms with Crippen LogP contribution >= 0.6 is 34.7 Å². The molecular formula is C23H23ClFN5O2S2. The van der Waals surface area contributed by atoms with Gasteiger partial charge in [-0.3, -0.25) is 4.79 Å². The molecule has 0 fully saturated rings. The number of fused-ring (bicyclic) bond motifs is 1. The molecule has 0 aliphatic heterocycles. The van der Waals surface area contributed by atoms with Gasteiger partial charge in [0.15, 0.2) is 17.1 Å². The molecule has 1 N–H and O–H groups in total. The number of rotatable bonds is 7. The van der Waals surface area contributed by atoms with Crippen LogP contribution in [0.3, 0.4) is 0 Å². The number of halogens is 2. The van der Waals surface area contributed by atoms with E-state index in [9.17, 15) is 14.4 Å². The summed E-state index contributed by atoms with van der Waals surface area (Å²) in [5.41, 5.74) is 1.68. The van der Waals surface area contributed by atoms with Crippen LogP contribution < -0.4 is 10.1 Å². The van der Waals surface area contributed by atoms with E-state index in [1.54, 1.807) is 18.5 Å². The van der Waals surface area contributed by atoms with Crippen molar-refractivity contribution >= 4 is 45.6 Å². The topological polar surface area (TPSA) is 92.8 Å². The van der Waals surface area contributed by atoms with Crippen LogP contribution in [0.25, 0.3) is 0 Å². The first-order valence-corrected chi connectivity index (χ1v) is 12.9. The van der Waals surface area contributed by atoms with Crippen LogP contribution in [0.15, 0.2) is 23.4 Å². The molecule has 4 rings (SSSR count). The summed E-state index contributed by atoms with van der Waals surface area (Å²) in [4.78, 5) is 13.8. The van der Waals surface area contributed by atoms with Crippen LogP contribution in [0.2, 0.25) is 5.02 Å². The highest BCUT2D eigenvalue weighted by Crippen LogP contribution is 2.39. The lowest BCUT2D eigenvalue weighted by Crippen LogP contribution is -2.15. The van der Waals surface area contributed by atoms with E-state index in [4.69, 9.17) is 16.3 Å². The number of thiophene rings is 1. The number of nitrogens with zero attached hydrogens (tertiary/aromatic N) is 4. The van der Waals surface area contributed by atoms with E-state index >= 15 is 0 Å². The molecule has 3 aromatic rings. The first kappa shape index (κ1) is 24.5. The minimum atomic E-state index is -0.498. The van der Waals surface area contributed by atoms with Crippen LogP contribution in [0, 0.1) is 23.1 Å². The molecule has 0 radical (unpaired) electrons. The minimum Gasteiger partial charge on any atom is -0.481 e. The van der Waals surface area contributed by atoms with Crippen LogP contribution in [-0.4, -0.2) is 26.4 Å². The molecule has 0 spiro atoms. The van der Waals surface area contributed by atoms with Crippen LogP contribution in [0.5, 0.6) is 5.75 Å². The van der Waals surface area contributed by atoms with Gasteiger partial charge in [0.1, 0.15) is 22.6 Å². The molecule has 2 aromatic heterocycles. The minimum absolute atomic E-state index is 0.120. The highest BCUT2D eigenvalue weighted by atomic mass is 35.5. The number of nitrogens with one attached hydrogen (secondary N) is 1. The van der Waals surface area contributed by atoms with Crippen LogP contribution in [-0.2, 0) is 24.7 Å². The number of thioether (sulfide) groups is 1. The summed E-state index contributed by atoms with van der Waals surface area (Å²) in [6, 6.07) is 6.18. The van der Waals surface area contributed by atoms with Gasteiger partial charge < -0.3 is 14.6 Å². The SMILES string of the molecule is CC1CCc2c(sc(NC(=O)CSc3nnc(C(C)Oc4ccc(F)cc4Cl)n3C)c2C#N)C1. The Labute approximate surface area is 210 Å². The number of carbonyl (C=O) groups is 1. The van der Waals surface area contributed by atoms with E-state index in [2.05, 4.69) is 28.5 Å². The van der Waals surface area contributed by atoms with Crippen molar-refractivity contribution in [2.45, 2.75) is 44.4 Å². The lowest BCUT2D eigenvalue weighted by Gasteiger charge is -2.17. The predicted octanol–water partition coefficient (Wildman–Crippen LogP) is 5.54. The summed E-state index contributed by atoms with van der Waals surface area (Å²) in [6.07, 6.45) is 2.39. The zero-order valence-corrected chi connectivity index (χ0v) is 21.3. The number of benzene rings is 1. The summed E-state index contributed by atoms with van der Waals surface area (Å²) < 4.78 is 20.8. The number of amides is 1. The normalized spacial score (nSPS) is 15.9. The monoisotopic (exact) mass is 519 g/mol. The summed E-state index contributed by atoms with van der Waals surface area (Å²) in [5, 5.41) is 22.2. The molecule has 1 aromatic carbocycles. The summed E-state index contributed by atoms with van der Waals surface area (Å²) in [5.74, 6) is 0.935. The summed E-state index contributed by atoms with van der Waals surface area (Å²) in [7, 11) is 1.78. The first-order chi connectivity index (χ1) is 16.3. The molecule has 1 aliphatic rings. The van der Waals surface area contributed by atoms with Gasteiger partial charge in [0.05, 0.1) is 16.3 Å². The lowest BCUT2D eigenvalue weighted by atomic mass is 9.89.